The second-order valence-corrected chi connectivity index (χ2v) is 8.52. The molecule has 6 heteroatoms. The molecule has 0 bridgehead atoms. The second-order valence-electron chi connectivity index (χ2n) is 7.04. The van der Waals surface area contributed by atoms with Gasteiger partial charge in [-0.15, -0.1) is 0 Å². The van der Waals surface area contributed by atoms with Gasteiger partial charge in [0.15, 0.2) is 22.4 Å². The number of hydrogen-bond acceptors (Lipinski definition) is 5. The van der Waals surface area contributed by atoms with Crippen LogP contribution in [0.2, 0.25) is 0 Å². The smallest absolute Gasteiger partial charge is 0.199 e. The highest BCUT2D eigenvalue weighted by molar-refractivity contribution is 7.91. The largest absolute Gasteiger partial charge is 0.606 e. The molecule has 2 saturated heterocycles. The molecule has 150 valence electrons. The lowest BCUT2D eigenvalue weighted by Crippen LogP contribution is -2.25. The number of hydrogen-bond donors (Lipinski definition) is 0. The van der Waals surface area contributed by atoms with Crippen LogP contribution in [0.4, 0.5) is 0 Å². The van der Waals surface area contributed by atoms with Crippen molar-refractivity contribution in [1.29, 1.82) is 0 Å². The minimum absolute atomic E-state index is 0.175. The minimum atomic E-state index is -1.25. The van der Waals surface area contributed by atoms with Crippen LogP contribution in [0, 0.1) is 0 Å². The molecule has 4 rings (SSSR count). The molecular weight excluding hydrogens is 376 g/mol. The summed E-state index contributed by atoms with van der Waals surface area (Å²) >= 11 is -1.25. The molecule has 2 unspecified atom stereocenters. The summed E-state index contributed by atoms with van der Waals surface area (Å²) in [5.74, 6) is 1.48. The van der Waals surface area contributed by atoms with Gasteiger partial charge in [0.05, 0.1) is 13.2 Å². The second kappa shape index (κ2) is 9.65. The Bertz CT molecular complexity index is 658. The molecule has 0 amide bonds. The zero-order valence-electron chi connectivity index (χ0n) is 15.9. The van der Waals surface area contributed by atoms with Gasteiger partial charge in [-0.25, -0.2) is 0 Å². The zero-order valence-corrected chi connectivity index (χ0v) is 16.7. The third-order valence-corrected chi connectivity index (χ3v) is 6.29. The van der Waals surface area contributed by atoms with Gasteiger partial charge in [0.2, 0.25) is 0 Å². The summed E-state index contributed by atoms with van der Waals surface area (Å²) in [4.78, 5) is 1.47. The maximum Gasteiger partial charge on any atom is 0.199 e. The highest BCUT2D eigenvalue weighted by Crippen LogP contribution is 2.27. The first kappa shape index (κ1) is 19.6. The van der Waals surface area contributed by atoms with Crippen molar-refractivity contribution in [2.75, 3.05) is 13.2 Å². The SMILES string of the molecule is [O-][S+](c1ccc(OC2CCCCO2)cc1)c1ccc(OC2CCCCO2)cc1. The van der Waals surface area contributed by atoms with E-state index in [1.165, 1.54) is 0 Å². The maximum atomic E-state index is 12.8. The van der Waals surface area contributed by atoms with E-state index in [0.717, 1.165) is 73.0 Å². The molecule has 2 fully saturated rings. The summed E-state index contributed by atoms with van der Waals surface area (Å²) in [6, 6.07) is 14.8. The van der Waals surface area contributed by atoms with Crippen LogP contribution >= 0.6 is 0 Å². The van der Waals surface area contributed by atoms with E-state index < -0.39 is 11.2 Å². The monoisotopic (exact) mass is 402 g/mol. The van der Waals surface area contributed by atoms with Gasteiger partial charge in [-0.3, -0.25) is 0 Å². The molecule has 2 aliphatic heterocycles. The minimum Gasteiger partial charge on any atom is -0.606 e. The number of rotatable bonds is 6. The first-order chi connectivity index (χ1) is 13.8. The first-order valence-electron chi connectivity index (χ1n) is 9.96. The predicted molar refractivity (Wildman–Crippen MR) is 106 cm³/mol. The standard InChI is InChI=1S/C22H26O5S/c23-28(19-11-7-17(8-12-19)26-21-5-1-3-15-24-21)20-13-9-18(10-14-20)27-22-6-2-4-16-25-22/h7-14,21-22H,1-6,15-16H2. The van der Waals surface area contributed by atoms with Crippen LogP contribution < -0.4 is 9.47 Å². The maximum absolute atomic E-state index is 12.8. The third-order valence-electron chi connectivity index (χ3n) is 4.89. The van der Waals surface area contributed by atoms with Gasteiger partial charge in [0, 0.05) is 24.0 Å². The summed E-state index contributed by atoms with van der Waals surface area (Å²) in [7, 11) is 0. The van der Waals surface area contributed by atoms with Crippen molar-refractivity contribution in [2.24, 2.45) is 0 Å². The van der Waals surface area contributed by atoms with Crippen LogP contribution in [0.25, 0.3) is 0 Å². The Labute approximate surface area is 169 Å². The average Bonchev–Trinajstić information content (AvgIpc) is 2.76. The van der Waals surface area contributed by atoms with Crippen LogP contribution in [0.1, 0.15) is 38.5 Å². The van der Waals surface area contributed by atoms with E-state index in [-0.39, 0.29) is 12.6 Å². The van der Waals surface area contributed by atoms with Gasteiger partial charge in [-0.1, -0.05) is 0 Å². The molecule has 2 aromatic rings. The lowest BCUT2D eigenvalue weighted by Gasteiger charge is -2.23. The lowest BCUT2D eigenvalue weighted by atomic mass is 10.2. The van der Waals surface area contributed by atoms with Crippen LogP contribution in [0.3, 0.4) is 0 Å². The molecule has 0 radical (unpaired) electrons. The molecule has 28 heavy (non-hydrogen) atoms. The van der Waals surface area contributed by atoms with Gasteiger partial charge in [-0.2, -0.15) is 0 Å². The Morgan fingerprint density at radius 2 is 1.11 bits per heavy atom. The van der Waals surface area contributed by atoms with Crippen LogP contribution in [0.15, 0.2) is 58.3 Å². The van der Waals surface area contributed by atoms with Crippen molar-refractivity contribution in [3.05, 3.63) is 48.5 Å². The Hall–Kier alpha value is -1.73. The number of ether oxygens (including phenoxy) is 4. The number of benzene rings is 2. The molecule has 0 spiro atoms. The Morgan fingerprint density at radius 3 is 1.46 bits per heavy atom. The molecule has 2 aromatic carbocycles. The fraction of sp³-hybridized carbons (Fsp3) is 0.455. The van der Waals surface area contributed by atoms with Gasteiger partial charge in [-0.05, 0) is 74.2 Å². The van der Waals surface area contributed by atoms with E-state index in [1.807, 2.05) is 48.5 Å². The van der Waals surface area contributed by atoms with E-state index in [2.05, 4.69) is 0 Å². The molecule has 2 atom stereocenters. The Morgan fingerprint density at radius 1 is 0.679 bits per heavy atom. The van der Waals surface area contributed by atoms with Gasteiger partial charge >= 0.3 is 0 Å². The summed E-state index contributed by atoms with van der Waals surface area (Å²) in [6.07, 6.45) is 5.90. The normalized spacial score (nSPS) is 23.8. The van der Waals surface area contributed by atoms with Crippen LogP contribution in [0.5, 0.6) is 11.5 Å². The van der Waals surface area contributed by atoms with Crippen molar-refractivity contribution in [3.63, 3.8) is 0 Å². The van der Waals surface area contributed by atoms with Crippen molar-refractivity contribution in [1.82, 2.24) is 0 Å². The van der Waals surface area contributed by atoms with Gasteiger partial charge in [0.1, 0.15) is 11.5 Å². The van der Waals surface area contributed by atoms with E-state index >= 15 is 0 Å². The average molecular weight is 403 g/mol. The van der Waals surface area contributed by atoms with E-state index in [0.29, 0.717) is 0 Å². The van der Waals surface area contributed by atoms with Gasteiger partial charge < -0.3 is 23.5 Å². The topological polar surface area (TPSA) is 60.0 Å². The Balaban J connectivity index is 1.34. The lowest BCUT2D eigenvalue weighted by molar-refractivity contribution is -0.106. The zero-order chi connectivity index (χ0) is 19.2. The fourth-order valence-corrected chi connectivity index (χ4v) is 4.37. The third kappa shape index (κ3) is 5.20. The summed E-state index contributed by atoms with van der Waals surface area (Å²) < 4.78 is 35.7. The van der Waals surface area contributed by atoms with E-state index in [4.69, 9.17) is 18.9 Å². The summed E-state index contributed by atoms with van der Waals surface area (Å²) in [6.45, 7) is 1.50. The van der Waals surface area contributed by atoms with Crippen molar-refractivity contribution in [2.45, 2.75) is 60.9 Å². The van der Waals surface area contributed by atoms with E-state index in [9.17, 15) is 4.55 Å². The van der Waals surface area contributed by atoms with Crippen molar-refractivity contribution >= 4 is 11.2 Å². The Kier molecular flexibility index (Phi) is 6.75. The molecular formula is C22H26O5S. The summed E-state index contributed by atoms with van der Waals surface area (Å²) in [5, 5.41) is 0. The van der Waals surface area contributed by atoms with Crippen molar-refractivity contribution < 1.29 is 23.5 Å². The van der Waals surface area contributed by atoms with Crippen LogP contribution in [-0.4, -0.2) is 30.3 Å². The van der Waals surface area contributed by atoms with Crippen LogP contribution in [-0.2, 0) is 20.6 Å². The quantitative estimate of drug-likeness (QED) is 0.658. The molecule has 5 nitrogen and oxygen atoms in total. The van der Waals surface area contributed by atoms with E-state index in [1.54, 1.807) is 0 Å². The molecule has 0 saturated carbocycles. The molecule has 2 aliphatic rings. The summed E-state index contributed by atoms with van der Waals surface area (Å²) in [5.41, 5.74) is 0. The molecule has 0 aliphatic carbocycles. The highest BCUT2D eigenvalue weighted by Gasteiger charge is 2.19. The molecule has 0 N–H and O–H groups in total. The first-order valence-corrected chi connectivity index (χ1v) is 11.1. The molecule has 0 aromatic heterocycles. The highest BCUT2D eigenvalue weighted by atomic mass is 32.2. The fourth-order valence-electron chi connectivity index (χ4n) is 3.33. The molecule has 2 heterocycles. The van der Waals surface area contributed by atoms with Gasteiger partial charge in [0.25, 0.3) is 0 Å². The predicted octanol–water partition coefficient (Wildman–Crippen LogP) is 4.66. The van der Waals surface area contributed by atoms with Crippen molar-refractivity contribution in [3.8, 4) is 11.5 Å².